The molecule has 5 heteroatoms. The first kappa shape index (κ1) is 15.5. The minimum absolute atomic E-state index is 0. The predicted molar refractivity (Wildman–Crippen MR) is 83.1 cm³/mol. The highest BCUT2D eigenvalue weighted by Gasteiger charge is 2.38. The first-order valence-corrected chi connectivity index (χ1v) is 8.56. The van der Waals surface area contributed by atoms with Crippen molar-refractivity contribution in [1.29, 1.82) is 0 Å². The molecule has 3 aliphatic rings. The fourth-order valence-corrected chi connectivity index (χ4v) is 5.08. The maximum atomic E-state index is 12.7. The Morgan fingerprint density at radius 2 is 1.89 bits per heavy atom. The van der Waals surface area contributed by atoms with E-state index >= 15 is 0 Å². The van der Waals surface area contributed by atoms with E-state index in [1.54, 1.807) is 0 Å². The van der Waals surface area contributed by atoms with Crippen molar-refractivity contribution >= 4 is 30.1 Å². The van der Waals surface area contributed by atoms with Gasteiger partial charge in [0.1, 0.15) is 0 Å². The topological polar surface area (TPSA) is 32.3 Å². The molecular weight excluding hydrogens is 280 g/mol. The Labute approximate surface area is 126 Å². The van der Waals surface area contributed by atoms with Gasteiger partial charge in [-0.25, -0.2) is 0 Å². The van der Waals surface area contributed by atoms with E-state index in [1.165, 1.54) is 38.5 Å². The van der Waals surface area contributed by atoms with E-state index in [4.69, 9.17) is 0 Å². The maximum Gasteiger partial charge on any atom is 0.240 e. The van der Waals surface area contributed by atoms with Crippen LogP contribution in [0.5, 0.6) is 0 Å². The molecule has 0 bridgehead atoms. The molecule has 1 N–H and O–H groups in total. The molecule has 2 saturated heterocycles. The zero-order valence-corrected chi connectivity index (χ0v) is 13.1. The summed E-state index contributed by atoms with van der Waals surface area (Å²) >= 11 is 2.10. The normalized spacial score (nSPS) is 35.2. The van der Waals surface area contributed by atoms with Crippen molar-refractivity contribution < 1.29 is 4.79 Å². The summed E-state index contributed by atoms with van der Waals surface area (Å²) in [7, 11) is 0. The predicted octanol–water partition coefficient (Wildman–Crippen LogP) is 2.44. The molecule has 0 aromatic carbocycles. The van der Waals surface area contributed by atoms with Crippen LogP contribution in [-0.2, 0) is 4.79 Å². The lowest BCUT2D eigenvalue weighted by Crippen LogP contribution is -2.57. The minimum Gasteiger partial charge on any atom is -0.336 e. The largest absolute Gasteiger partial charge is 0.336 e. The first-order valence-electron chi connectivity index (χ1n) is 7.52. The van der Waals surface area contributed by atoms with Crippen LogP contribution in [0, 0.1) is 0 Å². The van der Waals surface area contributed by atoms with Gasteiger partial charge < -0.3 is 10.2 Å². The van der Waals surface area contributed by atoms with Gasteiger partial charge in [-0.2, -0.15) is 11.8 Å². The molecule has 2 heterocycles. The van der Waals surface area contributed by atoms with Crippen LogP contribution < -0.4 is 5.32 Å². The van der Waals surface area contributed by atoms with Crippen LogP contribution in [0.25, 0.3) is 0 Å². The standard InChI is InChI=1S/C14H24N2OS.ClH/c17-14(11-5-3-4-8-15-11)16-9-10-18-13-7-2-1-6-12(13)16;/h11-13,15H,1-10H2;1H. The van der Waals surface area contributed by atoms with Gasteiger partial charge in [0.15, 0.2) is 0 Å². The monoisotopic (exact) mass is 304 g/mol. The summed E-state index contributed by atoms with van der Waals surface area (Å²) in [6.07, 6.45) is 8.69. The van der Waals surface area contributed by atoms with Gasteiger partial charge in [-0.1, -0.05) is 19.3 Å². The molecule has 3 rings (SSSR count). The van der Waals surface area contributed by atoms with Crippen molar-refractivity contribution in [2.45, 2.75) is 62.3 Å². The van der Waals surface area contributed by atoms with Gasteiger partial charge in [0.2, 0.25) is 5.91 Å². The number of nitrogens with one attached hydrogen (secondary N) is 1. The lowest BCUT2D eigenvalue weighted by molar-refractivity contribution is -0.136. The first-order chi connectivity index (χ1) is 8.86. The van der Waals surface area contributed by atoms with Crippen LogP contribution in [0.4, 0.5) is 0 Å². The summed E-state index contributed by atoms with van der Waals surface area (Å²) in [4.78, 5) is 14.9. The molecular formula is C14H25ClN2OS. The average molecular weight is 305 g/mol. The van der Waals surface area contributed by atoms with Crippen LogP contribution in [0.15, 0.2) is 0 Å². The summed E-state index contributed by atoms with van der Waals surface area (Å²) in [5.74, 6) is 1.53. The van der Waals surface area contributed by atoms with E-state index in [2.05, 4.69) is 22.0 Å². The second kappa shape index (κ2) is 7.19. The summed E-state index contributed by atoms with van der Waals surface area (Å²) in [5, 5.41) is 4.14. The summed E-state index contributed by atoms with van der Waals surface area (Å²) in [6.45, 7) is 2.00. The molecule has 3 fully saturated rings. The number of carbonyl (C=O) groups is 1. The Bertz CT molecular complexity index is 308. The summed E-state index contributed by atoms with van der Waals surface area (Å²) in [6, 6.07) is 0.651. The van der Waals surface area contributed by atoms with Crippen molar-refractivity contribution in [3.63, 3.8) is 0 Å². The quantitative estimate of drug-likeness (QED) is 0.807. The van der Waals surface area contributed by atoms with Crippen LogP contribution in [-0.4, -0.2) is 47.0 Å². The van der Waals surface area contributed by atoms with Gasteiger partial charge >= 0.3 is 0 Å². The van der Waals surface area contributed by atoms with Gasteiger partial charge in [0.25, 0.3) is 0 Å². The third kappa shape index (κ3) is 3.40. The molecule has 0 aromatic rings. The molecule has 3 unspecified atom stereocenters. The van der Waals surface area contributed by atoms with Crippen molar-refractivity contribution in [3.05, 3.63) is 0 Å². The van der Waals surface area contributed by atoms with E-state index in [1.807, 2.05) is 0 Å². The summed E-state index contributed by atoms with van der Waals surface area (Å²) in [5.41, 5.74) is 0. The molecule has 1 saturated carbocycles. The highest BCUT2D eigenvalue weighted by molar-refractivity contribution is 8.00. The molecule has 0 spiro atoms. The van der Waals surface area contributed by atoms with Crippen LogP contribution in [0.3, 0.4) is 0 Å². The van der Waals surface area contributed by atoms with E-state index in [0.717, 1.165) is 30.5 Å². The van der Waals surface area contributed by atoms with Gasteiger partial charge in [-0.15, -0.1) is 12.4 Å². The van der Waals surface area contributed by atoms with Gasteiger partial charge in [0.05, 0.1) is 6.04 Å². The van der Waals surface area contributed by atoms with Crippen molar-refractivity contribution in [2.24, 2.45) is 0 Å². The maximum absolute atomic E-state index is 12.7. The lowest BCUT2D eigenvalue weighted by atomic mass is 9.92. The number of thioether (sulfide) groups is 1. The molecule has 3 atom stereocenters. The number of hydrogen-bond acceptors (Lipinski definition) is 3. The van der Waals surface area contributed by atoms with E-state index in [9.17, 15) is 4.79 Å². The van der Waals surface area contributed by atoms with Crippen molar-refractivity contribution in [3.8, 4) is 0 Å². The van der Waals surface area contributed by atoms with Crippen molar-refractivity contribution in [1.82, 2.24) is 10.2 Å². The second-order valence-electron chi connectivity index (χ2n) is 5.80. The van der Waals surface area contributed by atoms with Crippen molar-refractivity contribution in [2.75, 3.05) is 18.8 Å². The van der Waals surface area contributed by atoms with E-state index in [0.29, 0.717) is 11.9 Å². The second-order valence-corrected chi connectivity index (χ2v) is 7.14. The Kier molecular flexibility index (Phi) is 5.85. The van der Waals surface area contributed by atoms with Crippen LogP contribution >= 0.6 is 24.2 Å². The third-order valence-corrected chi connectivity index (χ3v) is 6.02. The number of halogens is 1. The zero-order valence-electron chi connectivity index (χ0n) is 11.5. The zero-order chi connectivity index (χ0) is 12.4. The number of nitrogens with zero attached hydrogens (tertiary/aromatic N) is 1. The van der Waals surface area contributed by atoms with Crippen LogP contribution in [0.1, 0.15) is 44.9 Å². The number of rotatable bonds is 1. The Morgan fingerprint density at radius 1 is 1.11 bits per heavy atom. The van der Waals surface area contributed by atoms with E-state index < -0.39 is 0 Å². The number of amides is 1. The highest BCUT2D eigenvalue weighted by atomic mass is 35.5. The Hall–Kier alpha value is 0.0700. The number of hydrogen-bond donors (Lipinski definition) is 1. The summed E-state index contributed by atoms with van der Waals surface area (Å²) < 4.78 is 0. The molecule has 19 heavy (non-hydrogen) atoms. The van der Waals surface area contributed by atoms with Crippen LogP contribution in [0.2, 0.25) is 0 Å². The molecule has 3 nitrogen and oxygen atoms in total. The molecule has 1 aliphatic carbocycles. The number of fused-ring (bicyclic) bond motifs is 1. The number of carbonyl (C=O) groups excluding carboxylic acids is 1. The molecule has 0 aromatic heterocycles. The molecule has 2 aliphatic heterocycles. The lowest BCUT2D eigenvalue weighted by Gasteiger charge is -2.45. The highest BCUT2D eigenvalue weighted by Crippen LogP contribution is 2.36. The van der Waals surface area contributed by atoms with Gasteiger partial charge in [0, 0.05) is 23.6 Å². The third-order valence-electron chi connectivity index (χ3n) is 4.62. The molecule has 110 valence electrons. The smallest absolute Gasteiger partial charge is 0.240 e. The average Bonchev–Trinajstić information content (AvgIpc) is 2.47. The minimum atomic E-state index is 0. The fraction of sp³-hybridized carbons (Fsp3) is 0.929. The fourth-order valence-electron chi connectivity index (χ4n) is 3.63. The SMILES string of the molecule is Cl.O=C(C1CCCCN1)N1CCSC2CCCCC21. The molecule has 0 radical (unpaired) electrons. The van der Waals surface area contributed by atoms with Gasteiger partial charge in [-0.3, -0.25) is 4.79 Å². The Morgan fingerprint density at radius 3 is 2.68 bits per heavy atom. The number of piperidine rings is 1. The van der Waals surface area contributed by atoms with Gasteiger partial charge in [-0.05, 0) is 32.2 Å². The molecule has 1 amide bonds. The Balaban J connectivity index is 0.00000133. The van der Waals surface area contributed by atoms with E-state index in [-0.39, 0.29) is 18.4 Å².